The molecule has 3 rings (SSSR count). The van der Waals surface area contributed by atoms with E-state index in [1.165, 1.54) is 12.0 Å². The van der Waals surface area contributed by atoms with Crippen molar-refractivity contribution in [3.8, 4) is 0 Å². The number of amides is 1. The van der Waals surface area contributed by atoms with Crippen molar-refractivity contribution >= 4 is 35.5 Å². The van der Waals surface area contributed by atoms with Crippen molar-refractivity contribution in [2.24, 2.45) is 35.5 Å². The molecule has 3 unspecified atom stereocenters. The van der Waals surface area contributed by atoms with Crippen molar-refractivity contribution in [2.75, 3.05) is 34.5 Å². The van der Waals surface area contributed by atoms with Gasteiger partial charge in [-0.2, -0.15) is 0 Å². The first kappa shape index (κ1) is 55.7. The number of aldehydes is 1. The second-order valence-corrected chi connectivity index (χ2v) is 19.1. The van der Waals surface area contributed by atoms with Gasteiger partial charge in [-0.05, 0) is 107 Å². The predicted molar refractivity (Wildman–Crippen MR) is 246 cm³/mol. The summed E-state index contributed by atoms with van der Waals surface area (Å²) in [4.78, 5) is 80.6. The molecule has 13 atom stereocenters. The van der Waals surface area contributed by atoms with Gasteiger partial charge in [0.25, 0.3) is 11.7 Å². The number of rotatable bonds is 25. The molecular formula is C51H79NO13. The van der Waals surface area contributed by atoms with Gasteiger partial charge in [-0.3, -0.25) is 24.0 Å². The van der Waals surface area contributed by atoms with E-state index in [4.69, 9.17) is 23.7 Å². The standard InChI is InChI=1S/C51H79NO13/c1-32(24-36(5)44(56)31-61-8)16-12-11-13-17-34(3)45(62-9)28-40-21-19-38(7)51(60,65-40)48(57)49(58)52-23-15-14-18-41(52)50(59)64-46(29-43(55)35(4)25-33(2)30-53)37(6)26-39-20-22-42(54)47(27-39)63-10/h11-13,16-17,25,30,32,35-42,45-47,54,60H,14-15,18-24,26-29,31H2,1-10H3/b13-11+,16-12+,33-25+,34-17+/t32-,35-,36-,37-,38-,39+,40?,41+,42-,45+,46?,47-,51?/m1/s1. The Morgan fingerprint density at radius 2 is 1.63 bits per heavy atom. The number of methoxy groups -OCH3 is 3. The molecule has 2 saturated heterocycles. The van der Waals surface area contributed by atoms with E-state index in [1.807, 2.05) is 51.2 Å². The molecule has 0 aromatic rings. The normalized spacial score (nSPS) is 28.6. The number of aliphatic hydroxyl groups is 2. The van der Waals surface area contributed by atoms with Crippen LogP contribution >= 0.6 is 0 Å². The van der Waals surface area contributed by atoms with Crippen LogP contribution in [-0.4, -0.2) is 127 Å². The van der Waals surface area contributed by atoms with Crippen molar-refractivity contribution in [3.05, 3.63) is 47.6 Å². The maximum absolute atomic E-state index is 14.2. The molecule has 366 valence electrons. The van der Waals surface area contributed by atoms with Crippen LogP contribution in [0.1, 0.15) is 126 Å². The van der Waals surface area contributed by atoms with Crippen LogP contribution in [0.3, 0.4) is 0 Å². The minimum atomic E-state index is -2.44. The number of hydrogen-bond donors (Lipinski definition) is 2. The highest BCUT2D eigenvalue weighted by Crippen LogP contribution is 2.37. The Balaban J connectivity index is 1.73. The third-order valence-corrected chi connectivity index (χ3v) is 13.7. The Bertz CT molecular complexity index is 1720. The van der Waals surface area contributed by atoms with Gasteiger partial charge in [0.2, 0.25) is 5.79 Å². The number of likely N-dealkylation sites (tertiary alicyclic amines) is 1. The number of Topliss-reactive ketones (excluding diaryl/α,β-unsaturated/α-hetero) is 3. The summed E-state index contributed by atoms with van der Waals surface area (Å²) in [5.74, 6) is -6.84. The maximum Gasteiger partial charge on any atom is 0.329 e. The van der Waals surface area contributed by atoms with E-state index < -0.39 is 65.7 Å². The summed E-state index contributed by atoms with van der Waals surface area (Å²) in [6.45, 7) is 13.0. The monoisotopic (exact) mass is 914 g/mol. The van der Waals surface area contributed by atoms with E-state index in [1.54, 1.807) is 41.1 Å². The number of piperidine rings is 1. The maximum atomic E-state index is 14.2. The minimum absolute atomic E-state index is 0.0796. The zero-order valence-electron chi connectivity index (χ0n) is 40.7. The van der Waals surface area contributed by atoms with Gasteiger partial charge in [0.15, 0.2) is 5.78 Å². The first-order valence-corrected chi connectivity index (χ1v) is 23.7. The van der Waals surface area contributed by atoms with Crippen molar-refractivity contribution in [2.45, 2.75) is 168 Å². The zero-order valence-corrected chi connectivity index (χ0v) is 40.7. The summed E-state index contributed by atoms with van der Waals surface area (Å²) in [5.41, 5.74) is 1.30. The third-order valence-electron chi connectivity index (χ3n) is 13.7. The number of carbonyl (C=O) groups is 6. The molecule has 2 N–H and O–H groups in total. The molecule has 0 aromatic heterocycles. The molecule has 14 nitrogen and oxygen atoms in total. The second-order valence-electron chi connectivity index (χ2n) is 19.1. The fourth-order valence-corrected chi connectivity index (χ4v) is 9.44. The van der Waals surface area contributed by atoms with Crippen LogP contribution in [0.25, 0.3) is 0 Å². The molecule has 2 aliphatic heterocycles. The lowest BCUT2D eigenvalue weighted by molar-refractivity contribution is -0.265. The Morgan fingerprint density at radius 3 is 2.29 bits per heavy atom. The van der Waals surface area contributed by atoms with Crippen LogP contribution in [-0.2, 0) is 52.5 Å². The van der Waals surface area contributed by atoms with Crippen molar-refractivity contribution in [1.82, 2.24) is 4.90 Å². The molecule has 3 fully saturated rings. The summed E-state index contributed by atoms with van der Waals surface area (Å²) < 4.78 is 28.6. The van der Waals surface area contributed by atoms with Gasteiger partial charge in [-0.15, -0.1) is 0 Å². The lowest BCUT2D eigenvalue weighted by Crippen LogP contribution is -2.61. The minimum Gasteiger partial charge on any atom is -0.460 e. The number of ketones is 3. The molecule has 0 bridgehead atoms. The van der Waals surface area contributed by atoms with Gasteiger partial charge < -0.3 is 38.8 Å². The summed E-state index contributed by atoms with van der Waals surface area (Å²) in [6, 6.07) is -1.12. The molecule has 0 radical (unpaired) electrons. The molecule has 0 spiro atoms. The molecule has 1 saturated carbocycles. The van der Waals surface area contributed by atoms with Crippen LogP contribution in [0.15, 0.2) is 47.6 Å². The SMILES string of the molecule is COCC(=O)[C@H](C)C[C@H](C)/C=C/C=C/C=C(\C)[C@H](CC1CC[C@@H](C)C(O)(C(=O)C(=O)N2CCCC[C@H]2C(=O)OC(CC(=O)[C@H](C)/C=C(\C)C=O)[C@H](C)C[C@@H]2CC[C@@H](O)[C@H](OC)C2)O1)OC. The van der Waals surface area contributed by atoms with E-state index in [9.17, 15) is 39.0 Å². The molecular weight excluding hydrogens is 835 g/mol. The molecule has 1 aliphatic carbocycles. The number of allylic oxidation sites excluding steroid dienone is 7. The smallest absolute Gasteiger partial charge is 0.329 e. The lowest BCUT2D eigenvalue weighted by Gasteiger charge is -2.42. The third kappa shape index (κ3) is 16.6. The van der Waals surface area contributed by atoms with Crippen molar-refractivity contribution in [3.63, 3.8) is 0 Å². The summed E-state index contributed by atoms with van der Waals surface area (Å²) in [5, 5.41) is 22.3. The Kier molecular flexibility index (Phi) is 23.3. The van der Waals surface area contributed by atoms with Gasteiger partial charge in [0.1, 0.15) is 30.8 Å². The quantitative estimate of drug-likeness (QED) is 0.0326. The van der Waals surface area contributed by atoms with Gasteiger partial charge in [-0.1, -0.05) is 71.1 Å². The van der Waals surface area contributed by atoms with Crippen LogP contribution in [0.4, 0.5) is 0 Å². The van der Waals surface area contributed by atoms with Gasteiger partial charge in [-0.25, -0.2) is 4.79 Å². The average Bonchev–Trinajstić information content (AvgIpc) is 3.28. The Labute approximate surface area is 387 Å². The Hall–Kier alpha value is -3.66. The summed E-state index contributed by atoms with van der Waals surface area (Å²) in [6.07, 6.45) is 14.9. The molecule has 0 aromatic carbocycles. The fourth-order valence-electron chi connectivity index (χ4n) is 9.44. The van der Waals surface area contributed by atoms with Gasteiger partial charge in [0.05, 0.1) is 24.4 Å². The van der Waals surface area contributed by atoms with Crippen molar-refractivity contribution < 1.29 is 62.7 Å². The van der Waals surface area contributed by atoms with Crippen LogP contribution in [0.5, 0.6) is 0 Å². The van der Waals surface area contributed by atoms with E-state index in [2.05, 4.69) is 6.92 Å². The predicted octanol–water partition coefficient (Wildman–Crippen LogP) is 6.64. The lowest BCUT2D eigenvalue weighted by atomic mass is 9.78. The first-order valence-electron chi connectivity index (χ1n) is 23.7. The van der Waals surface area contributed by atoms with Crippen LogP contribution in [0.2, 0.25) is 0 Å². The zero-order chi connectivity index (χ0) is 48.4. The Morgan fingerprint density at radius 1 is 0.908 bits per heavy atom. The number of nitrogens with zero attached hydrogens (tertiary/aromatic N) is 1. The van der Waals surface area contributed by atoms with E-state index in [0.29, 0.717) is 63.2 Å². The number of aliphatic hydroxyl groups excluding tert-OH is 1. The van der Waals surface area contributed by atoms with Gasteiger partial charge >= 0.3 is 5.97 Å². The highest BCUT2D eigenvalue weighted by molar-refractivity contribution is 6.39. The van der Waals surface area contributed by atoms with E-state index >= 15 is 0 Å². The van der Waals surface area contributed by atoms with Crippen LogP contribution < -0.4 is 0 Å². The van der Waals surface area contributed by atoms with E-state index in [-0.39, 0.29) is 67.3 Å². The highest BCUT2D eigenvalue weighted by atomic mass is 16.6. The van der Waals surface area contributed by atoms with Crippen LogP contribution in [0, 0.1) is 35.5 Å². The average molecular weight is 914 g/mol. The van der Waals surface area contributed by atoms with Gasteiger partial charge in [0, 0.05) is 58.5 Å². The fraction of sp³-hybridized carbons (Fsp3) is 0.725. The molecule has 65 heavy (non-hydrogen) atoms. The number of carbonyl (C=O) groups excluding carboxylic acids is 6. The molecule has 3 aliphatic rings. The second kappa shape index (κ2) is 27.2. The van der Waals surface area contributed by atoms with Crippen molar-refractivity contribution in [1.29, 1.82) is 0 Å². The number of ether oxygens (including phenoxy) is 5. The highest BCUT2D eigenvalue weighted by Gasteiger charge is 2.53. The molecule has 2 heterocycles. The number of hydrogen-bond acceptors (Lipinski definition) is 13. The topological polar surface area (TPSA) is 192 Å². The largest absolute Gasteiger partial charge is 0.460 e. The van der Waals surface area contributed by atoms with E-state index in [0.717, 1.165) is 18.4 Å². The molecule has 14 heteroatoms. The number of esters is 1. The summed E-state index contributed by atoms with van der Waals surface area (Å²) in [7, 11) is 4.66. The first-order chi connectivity index (χ1) is 30.8. The summed E-state index contributed by atoms with van der Waals surface area (Å²) >= 11 is 0. The molecule has 1 amide bonds.